The van der Waals surface area contributed by atoms with Gasteiger partial charge in [-0.15, -0.1) is 0 Å². The Hall–Kier alpha value is -1.54. The Kier molecular flexibility index (Phi) is 6.26. The van der Waals surface area contributed by atoms with Gasteiger partial charge in [0.1, 0.15) is 5.75 Å². The van der Waals surface area contributed by atoms with Gasteiger partial charge in [0.15, 0.2) is 0 Å². The Morgan fingerprint density at radius 3 is 1.95 bits per heavy atom. The second-order valence-electron chi connectivity index (χ2n) is 5.94. The number of para-hydroxylation sites is 1. The molecule has 0 aromatic heterocycles. The zero-order valence-electron chi connectivity index (χ0n) is 14.1. The Labute approximate surface area is 136 Å². The molecular formula is C20H28OSi. The maximum Gasteiger partial charge on any atom is 0.250 e. The van der Waals surface area contributed by atoms with Gasteiger partial charge >= 0.3 is 0 Å². The van der Waals surface area contributed by atoms with Crippen molar-refractivity contribution in [3.8, 4) is 5.75 Å². The zero-order chi connectivity index (χ0) is 15.8. The van der Waals surface area contributed by atoms with Gasteiger partial charge in [0.25, 0.3) is 0 Å². The summed E-state index contributed by atoms with van der Waals surface area (Å²) in [5, 5.41) is 0. The van der Waals surface area contributed by atoms with Gasteiger partial charge in [-0.2, -0.15) is 0 Å². The molecule has 0 N–H and O–H groups in total. The average Bonchev–Trinajstić information content (AvgIpc) is 2.60. The van der Waals surface area contributed by atoms with Crippen LogP contribution in [-0.4, -0.2) is 8.32 Å². The molecule has 0 radical (unpaired) electrons. The molecule has 0 spiro atoms. The molecule has 0 saturated heterocycles. The largest absolute Gasteiger partial charge is 0.543 e. The molecular weight excluding hydrogens is 284 g/mol. The van der Waals surface area contributed by atoms with E-state index in [0.29, 0.717) is 0 Å². The third-order valence-electron chi connectivity index (χ3n) is 4.76. The number of hydrogen-bond acceptors (Lipinski definition) is 1. The predicted molar refractivity (Wildman–Crippen MR) is 98.1 cm³/mol. The molecule has 0 heterocycles. The van der Waals surface area contributed by atoms with E-state index in [9.17, 15) is 0 Å². The molecule has 0 aliphatic carbocycles. The van der Waals surface area contributed by atoms with E-state index >= 15 is 0 Å². The van der Waals surface area contributed by atoms with E-state index in [2.05, 4.69) is 75.4 Å². The van der Waals surface area contributed by atoms with Crippen molar-refractivity contribution in [3.63, 3.8) is 0 Å². The van der Waals surface area contributed by atoms with Crippen LogP contribution in [0.2, 0.25) is 18.1 Å². The van der Waals surface area contributed by atoms with Crippen LogP contribution in [0.1, 0.15) is 31.9 Å². The lowest BCUT2D eigenvalue weighted by molar-refractivity contribution is 0.524. The maximum absolute atomic E-state index is 6.61. The molecule has 0 unspecified atom stereocenters. The lowest BCUT2D eigenvalue weighted by Gasteiger charge is -2.30. The zero-order valence-corrected chi connectivity index (χ0v) is 15.1. The summed E-state index contributed by atoms with van der Waals surface area (Å²) in [7, 11) is -1.60. The molecule has 1 nitrogen and oxygen atoms in total. The molecule has 2 aromatic carbocycles. The maximum atomic E-state index is 6.61. The topological polar surface area (TPSA) is 9.23 Å². The quantitative estimate of drug-likeness (QED) is 0.555. The Balaban J connectivity index is 2.13. The molecule has 0 saturated carbocycles. The molecule has 0 aliphatic rings. The van der Waals surface area contributed by atoms with Crippen LogP contribution < -0.4 is 4.43 Å². The minimum Gasteiger partial charge on any atom is -0.543 e. The summed E-state index contributed by atoms with van der Waals surface area (Å²) in [4.78, 5) is 0. The Bertz CT molecular complexity index is 553. The summed E-state index contributed by atoms with van der Waals surface area (Å²) in [6, 6.07) is 22.9. The molecule has 0 fully saturated rings. The van der Waals surface area contributed by atoms with Gasteiger partial charge in [-0.25, -0.2) is 0 Å². The molecule has 2 rings (SSSR count). The van der Waals surface area contributed by atoms with Crippen LogP contribution in [0.5, 0.6) is 5.75 Å². The lowest BCUT2D eigenvalue weighted by atomic mass is 10.0. The summed E-state index contributed by atoms with van der Waals surface area (Å²) in [6.45, 7) is 6.85. The number of rotatable bonds is 8. The van der Waals surface area contributed by atoms with Gasteiger partial charge in [-0.1, -0.05) is 69.3 Å². The average molecular weight is 313 g/mol. The van der Waals surface area contributed by atoms with Crippen molar-refractivity contribution in [2.24, 2.45) is 0 Å². The molecule has 0 amide bonds. The first kappa shape index (κ1) is 16.8. The fourth-order valence-electron chi connectivity index (χ4n) is 2.93. The Morgan fingerprint density at radius 1 is 0.727 bits per heavy atom. The van der Waals surface area contributed by atoms with Crippen LogP contribution in [0.25, 0.3) is 0 Å². The van der Waals surface area contributed by atoms with E-state index in [-0.39, 0.29) is 0 Å². The highest BCUT2D eigenvalue weighted by molar-refractivity contribution is 6.74. The monoisotopic (exact) mass is 312 g/mol. The fraction of sp³-hybridized carbons (Fsp3) is 0.400. The first-order chi connectivity index (χ1) is 10.7. The van der Waals surface area contributed by atoms with E-state index in [1.54, 1.807) is 0 Å². The normalized spacial score (nSPS) is 11.4. The van der Waals surface area contributed by atoms with Crippen LogP contribution >= 0.6 is 0 Å². The minimum absolute atomic E-state index is 1.04. The highest BCUT2D eigenvalue weighted by Crippen LogP contribution is 2.28. The number of aryl methyl sites for hydroxylation is 2. The van der Waals surface area contributed by atoms with E-state index < -0.39 is 8.32 Å². The van der Waals surface area contributed by atoms with Crippen molar-refractivity contribution in [1.82, 2.24) is 0 Å². The highest BCUT2D eigenvalue weighted by Gasteiger charge is 2.31. The molecule has 118 valence electrons. The van der Waals surface area contributed by atoms with E-state index in [0.717, 1.165) is 18.6 Å². The summed E-state index contributed by atoms with van der Waals surface area (Å²) >= 11 is 0. The van der Waals surface area contributed by atoms with E-state index in [4.69, 9.17) is 4.43 Å². The van der Waals surface area contributed by atoms with Gasteiger partial charge in [0, 0.05) is 0 Å². The summed E-state index contributed by atoms with van der Waals surface area (Å²) < 4.78 is 6.61. The predicted octanol–water partition coefficient (Wildman–Crippen LogP) is 5.86. The van der Waals surface area contributed by atoms with Crippen LogP contribution in [0, 0.1) is 0 Å². The van der Waals surface area contributed by atoms with Crippen molar-refractivity contribution < 1.29 is 4.43 Å². The smallest absolute Gasteiger partial charge is 0.250 e. The van der Waals surface area contributed by atoms with Crippen LogP contribution in [0.4, 0.5) is 0 Å². The second-order valence-corrected chi connectivity index (χ2v) is 10.6. The van der Waals surface area contributed by atoms with Crippen LogP contribution in [0.15, 0.2) is 54.6 Å². The van der Waals surface area contributed by atoms with Crippen molar-refractivity contribution >= 4 is 8.32 Å². The molecule has 0 aliphatic heterocycles. The molecule has 0 bridgehead atoms. The highest BCUT2D eigenvalue weighted by atomic mass is 28.4. The standard InChI is InChI=1S/C20H28OSi/c1-4-22(5-2,6-3)21-20-15-11-10-14-19(20)17-16-18-12-8-7-9-13-18/h7-15H,4-6,16-17H2,1-3H3. The van der Waals surface area contributed by atoms with E-state index in [1.807, 2.05) is 0 Å². The summed E-state index contributed by atoms with van der Waals surface area (Å²) in [6.07, 6.45) is 2.11. The summed E-state index contributed by atoms with van der Waals surface area (Å²) in [5.41, 5.74) is 2.74. The van der Waals surface area contributed by atoms with Crippen LogP contribution in [-0.2, 0) is 12.8 Å². The van der Waals surface area contributed by atoms with Gasteiger partial charge < -0.3 is 4.43 Å². The molecule has 0 atom stereocenters. The van der Waals surface area contributed by atoms with Crippen molar-refractivity contribution in [2.75, 3.05) is 0 Å². The van der Waals surface area contributed by atoms with Crippen molar-refractivity contribution in [1.29, 1.82) is 0 Å². The van der Waals surface area contributed by atoms with Gasteiger partial charge in [0.2, 0.25) is 8.32 Å². The third kappa shape index (κ3) is 4.23. The first-order valence-electron chi connectivity index (χ1n) is 8.54. The molecule has 2 aromatic rings. The van der Waals surface area contributed by atoms with Gasteiger partial charge in [-0.3, -0.25) is 0 Å². The van der Waals surface area contributed by atoms with Gasteiger partial charge in [-0.05, 0) is 48.2 Å². The minimum atomic E-state index is -1.60. The fourth-order valence-corrected chi connectivity index (χ4v) is 5.53. The van der Waals surface area contributed by atoms with Crippen molar-refractivity contribution in [2.45, 2.75) is 51.7 Å². The second kappa shape index (κ2) is 8.18. The summed E-state index contributed by atoms with van der Waals surface area (Å²) in [5.74, 6) is 1.12. The Morgan fingerprint density at radius 2 is 1.32 bits per heavy atom. The van der Waals surface area contributed by atoms with Crippen LogP contribution in [0.3, 0.4) is 0 Å². The SMILES string of the molecule is CC[Si](CC)(CC)Oc1ccccc1CCc1ccccc1. The molecule has 2 heteroatoms. The van der Waals surface area contributed by atoms with Crippen molar-refractivity contribution in [3.05, 3.63) is 65.7 Å². The van der Waals surface area contributed by atoms with E-state index in [1.165, 1.54) is 29.3 Å². The first-order valence-corrected chi connectivity index (χ1v) is 11.1. The van der Waals surface area contributed by atoms with Gasteiger partial charge in [0.05, 0.1) is 0 Å². The third-order valence-corrected chi connectivity index (χ3v) is 9.28. The number of benzene rings is 2. The molecule has 22 heavy (non-hydrogen) atoms. The lowest BCUT2D eigenvalue weighted by Crippen LogP contribution is -2.39. The number of hydrogen-bond donors (Lipinski definition) is 0.